The Balaban J connectivity index is 0.000000224. The molecule has 0 amide bonds. The molecule has 0 spiro atoms. The molecule has 0 bridgehead atoms. The van der Waals surface area contributed by atoms with Crippen molar-refractivity contribution in [2.75, 3.05) is 0 Å². The van der Waals surface area contributed by atoms with Crippen LogP contribution in [0.5, 0.6) is 0 Å². The summed E-state index contributed by atoms with van der Waals surface area (Å²) in [5, 5.41) is 5.49. The van der Waals surface area contributed by atoms with Crippen molar-refractivity contribution in [3.63, 3.8) is 0 Å². The maximum absolute atomic E-state index is 4.93. The van der Waals surface area contributed by atoms with E-state index in [0.717, 1.165) is 9.52 Å². The van der Waals surface area contributed by atoms with Gasteiger partial charge in [0, 0.05) is 9.52 Å². The van der Waals surface area contributed by atoms with Crippen molar-refractivity contribution < 1.29 is 20.8 Å². The average Bonchev–Trinajstić information content (AvgIpc) is 3.66. The molecule has 0 saturated carbocycles. The molecule has 0 aromatic heterocycles. The van der Waals surface area contributed by atoms with Gasteiger partial charge in [0.1, 0.15) is 0 Å². The van der Waals surface area contributed by atoms with E-state index < -0.39 is 20.8 Å². The van der Waals surface area contributed by atoms with Gasteiger partial charge in [-0.3, -0.25) is 0 Å². The van der Waals surface area contributed by atoms with E-state index in [1.807, 2.05) is 0 Å². The maximum atomic E-state index is 4.93. The van der Waals surface area contributed by atoms with E-state index >= 15 is 0 Å². The summed E-state index contributed by atoms with van der Waals surface area (Å²) in [5.74, 6) is 0.575. The number of hydrogen-bond acceptors (Lipinski definition) is 0. The first-order valence-corrected chi connectivity index (χ1v) is 25.1. The summed E-state index contributed by atoms with van der Waals surface area (Å²) in [6.45, 7) is 26.6. The number of rotatable bonds is 3. The minimum atomic E-state index is -0.826. The van der Waals surface area contributed by atoms with Crippen LogP contribution >= 0.6 is 17.0 Å². The third-order valence-corrected chi connectivity index (χ3v) is 9.10. The summed E-state index contributed by atoms with van der Waals surface area (Å²) in [4.78, 5) is 0. The fraction of sp³-hybridized carbons (Fsp3) is 0.318. The van der Waals surface area contributed by atoms with E-state index in [0.29, 0.717) is 5.92 Å². The fourth-order valence-corrected chi connectivity index (χ4v) is 6.06. The summed E-state index contributed by atoms with van der Waals surface area (Å²) in [6, 6.07) is 34.0. The van der Waals surface area contributed by atoms with Gasteiger partial charge < -0.3 is 0 Å². The predicted octanol–water partition coefficient (Wildman–Crippen LogP) is 14.6. The summed E-state index contributed by atoms with van der Waals surface area (Å²) in [7, 11) is 11.0. The first-order chi connectivity index (χ1) is 22.7. The normalized spacial score (nSPS) is 10.9. The molecule has 250 valence electrons. The molecular weight excluding hydrogens is 719 g/mol. The number of hydrogen-bond donors (Lipinski definition) is 0. The van der Waals surface area contributed by atoms with E-state index in [9.17, 15) is 0 Å². The van der Waals surface area contributed by atoms with Gasteiger partial charge in [-0.05, 0) is 65.5 Å². The molecule has 0 atom stereocenters. The van der Waals surface area contributed by atoms with E-state index in [2.05, 4.69) is 173 Å². The van der Waals surface area contributed by atoms with Gasteiger partial charge in [0.25, 0.3) is 0 Å². The van der Waals surface area contributed by atoms with Gasteiger partial charge in [-0.2, -0.15) is 12.1 Å². The molecule has 0 unspecified atom stereocenters. The summed E-state index contributed by atoms with van der Waals surface area (Å²) in [6.07, 6.45) is 0. The molecule has 0 aliphatic rings. The number of fused-ring (bicyclic) bond motifs is 2. The van der Waals surface area contributed by atoms with Crippen LogP contribution < -0.4 is 0 Å². The van der Waals surface area contributed by atoms with E-state index in [1.165, 1.54) is 82.7 Å². The predicted molar refractivity (Wildman–Crippen MR) is 216 cm³/mol. The molecule has 4 heteroatoms. The second-order valence-electron chi connectivity index (χ2n) is 14.1. The average molecular weight is 771 g/mol. The van der Waals surface area contributed by atoms with E-state index in [-0.39, 0.29) is 5.41 Å². The van der Waals surface area contributed by atoms with Gasteiger partial charge in [0.05, 0.1) is 0 Å². The second kappa shape index (κ2) is 18.1. The zero-order valence-electron chi connectivity index (χ0n) is 31.0. The molecule has 0 aliphatic heterocycles. The van der Waals surface area contributed by atoms with Gasteiger partial charge in [-0.25, -0.2) is 0 Å². The number of benzene rings is 4. The van der Waals surface area contributed by atoms with Crippen LogP contribution in [0.2, 0.25) is 13.1 Å². The topological polar surface area (TPSA) is 0 Å². The molecule has 0 N–H and O–H groups in total. The van der Waals surface area contributed by atoms with Crippen LogP contribution in [0.15, 0.2) is 91.0 Å². The Morgan fingerprint density at radius 2 is 1.25 bits per heavy atom. The zero-order chi connectivity index (χ0) is 35.8. The Morgan fingerprint density at radius 3 is 1.83 bits per heavy atom. The summed E-state index contributed by atoms with van der Waals surface area (Å²) >= 11 is -0.826. The van der Waals surface area contributed by atoms with E-state index in [4.69, 9.17) is 17.0 Å². The SMILES string of the molecule is C[Si]C.Cc1cc2c(-c3ccc(C(C)(C)C)cc3)ccc(C)c2[cH-]1.Cc1ccc(-c2cccc3[cH-]c(C(C)C)cc23)c(C)c1C.[Cl][Zr+2][Cl]. The first kappa shape index (κ1) is 40.2. The van der Waals surface area contributed by atoms with Crippen molar-refractivity contribution in [1.29, 1.82) is 0 Å². The molecule has 0 saturated heterocycles. The van der Waals surface area contributed by atoms with Gasteiger partial charge in [0.15, 0.2) is 0 Å². The molecule has 2 radical (unpaired) electrons. The van der Waals surface area contributed by atoms with Crippen LogP contribution in [-0.4, -0.2) is 9.52 Å². The Hall–Kier alpha value is -2.22. The van der Waals surface area contributed by atoms with Crippen LogP contribution in [0.4, 0.5) is 0 Å². The van der Waals surface area contributed by atoms with Crippen molar-refractivity contribution in [3.05, 3.63) is 130 Å². The van der Waals surface area contributed by atoms with Crippen molar-refractivity contribution in [2.24, 2.45) is 0 Å². The van der Waals surface area contributed by atoms with Gasteiger partial charge in [-0.1, -0.05) is 121 Å². The van der Waals surface area contributed by atoms with Gasteiger partial charge >= 0.3 is 37.9 Å². The van der Waals surface area contributed by atoms with Gasteiger partial charge in [0.2, 0.25) is 0 Å². The van der Waals surface area contributed by atoms with Crippen molar-refractivity contribution in [2.45, 2.75) is 93.7 Å². The van der Waals surface area contributed by atoms with E-state index in [1.54, 1.807) is 0 Å². The molecule has 6 rings (SSSR count). The summed E-state index contributed by atoms with van der Waals surface area (Å²) in [5.41, 5.74) is 15.3. The van der Waals surface area contributed by atoms with Gasteiger partial charge in [-0.15, -0.1) is 68.6 Å². The van der Waals surface area contributed by atoms with Crippen molar-refractivity contribution in [1.82, 2.24) is 0 Å². The molecule has 48 heavy (non-hydrogen) atoms. The zero-order valence-corrected chi connectivity index (χ0v) is 36.0. The monoisotopic (exact) mass is 768 g/mol. The van der Waals surface area contributed by atoms with Crippen molar-refractivity contribution in [3.8, 4) is 22.3 Å². The first-order valence-electron chi connectivity index (χ1n) is 16.8. The molecule has 0 heterocycles. The summed E-state index contributed by atoms with van der Waals surface area (Å²) < 4.78 is 0. The number of aryl methyl sites for hydroxylation is 3. The van der Waals surface area contributed by atoms with Crippen LogP contribution in [0.3, 0.4) is 0 Å². The standard InChI is InChI=1S/2C21H23.C2H6Si.2ClH.Zr/c1-14-12-19-15(2)6-11-18(20(19)13-14)16-7-9-17(10-8-16)21(3,4)5;1-13(2)18-11-17-7-6-8-20(21(17)12-18)19-10-9-14(3)15(4)16(19)5;1-3-2;;;/h2*6-13H,1-5H3;1-2H3;2*1H;/q2*-1;;;;+4/p-2. The molecule has 0 fully saturated rings. The molecular formula is C44H52Cl2SiZr. The molecule has 0 aliphatic carbocycles. The molecule has 0 nitrogen and oxygen atoms in total. The quantitative estimate of drug-likeness (QED) is 0.124. The molecule has 6 aromatic carbocycles. The van der Waals surface area contributed by atoms with Crippen LogP contribution in [0.25, 0.3) is 43.8 Å². The van der Waals surface area contributed by atoms with Crippen LogP contribution in [0, 0.1) is 34.6 Å². The Morgan fingerprint density at radius 1 is 0.667 bits per heavy atom. The Kier molecular flexibility index (Phi) is 15.2. The van der Waals surface area contributed by atoms with Crippen LogP contribution in [-0.2, 0) is 26.3 Å². The van der Waals surface area contributed by atoms with Crippen molar-refractivity contribution >= 4 is 48.1 Å². The Bertz CT molecular complexity index is 1910. The second-order valence-corrected chi connectivity index (χ2v) is 18.9. The third kappa shape index (κ3) is 9.94. The van der Waals surface area contributed by atoms with Crippen LogP contribution in [0.1, 0.15) is 79.5 Å². The number of halogens is 2. The fourth-order valence-electron chi connectivity index (χ4n) is 6.06. The minimum absolute atomic E-state index is 0.206. The Labute approximate surface area is 312 Å². The molecule has 6 aromatic rings. The third-order valence-electron chi connectivity index (χ3n) is 9.10.